The third-order valence-electron chi connectivity index (χ3n) is 4.49. The number of nitrogens with zero attached hydrogens (tertiary/aromatic N) is 3. The van der Waals surface area contributed by atoms with Crippen LogP contribution in [0.5, 0.6) is 5.75 Å². The van der Waals surface area contributed by atoms with Crippen LogP contribution in [0.1, 0.15) is 21.5 Å². The second-order valence-corrected chi connectivity index (χ2v) is 7.10. The Morgan fingerprint density at radius 3 is 2.85 bits per heavy atom. The first kappa shape index (κ1) is 17.6. The van der Waals surface area contributed by atoms with Crippen LogP contribution >= 0.6 is 11.3 Å². The van der Waals surface area contributed by atoms with Gasteiger partial charge >= 0.3 is 0 Å². The molecule has 1 amide bonds. The number of carbonyl (C=O) groups excluding carboxylic acids is 1. The van der Waals surface area contributed by atoms with E-state index in [9.17, 15) is 4.79 Å². The normalized spacial score (nSPS) is 16.9. The Bertz CT molecular complexity index is 912. The van der Waals surface area contributed by atoms with E-state index in [1.807, 2.05) is 40.6 Å². The minimum absolute atomic E-state index is 0.0392. The average Bonchev–Trinajstić information content (AvgIpc) is 3.28. The standard InChI is InChI=1S/C20H19N3O3S/c1-25-17-4-2-14(3-5-17)15-10-16(12-21-11-15)20(24)23-7-8-26-18(13-23)19-22-6-9-27-19/h2-6,9-12,18H,7-8,13H2,1H3. The number of pyridine rings is 1. The zero-order valence-electron chi connectivity index (χ0n) is 14.9. The fourth-order valence-corrected chi connectivity index (χ4v) is 3.73. The molecule has 1 atom stereocenters. The van der Waals surface area contributed by atoms with Gasteiger partial charge in [0.25, 0.3) is 5.91 Å². The van der Waals surface area contributed by atoms with E-state index >= 15 is 0 Å². The summed E-state index contributed by atoms with van der Waals surface area (Å²) in [7, 11) is 1.64. The van der Waals surface area contributed by atoms with Crippen molar-refractivity contribution in [2.24, 2.45) is 0 Å². The van der Waals surface area contributed by atoms with Gasteiger partial charge in [-0.1, -0.05) is 12.1 Å². The molecular formula is C20H19N3O3S. The predicted molar refractivity (Wildman–Crippen MR) is 103 cm³/mol. The van der Waals surface area contributed by atoms with Crippen LogP contribution in [0.3, 0.4) is 0 Å². The van der Waals surface area contributed by atoms with Crippen LogP contribution < -0.4 is 4.74 Å². The summed E-state index contributed by atoms with van der Waals surface area (Å²) in [5.41, 5.74) is 2.46. The molecular weight excluding hydrogens is 362 g/mol. The van der Waals surface area contributed by atoms with Gasteiger partial charge < -0.3 is 14.4 Å². The molecule has 0 aliphatic carbocycles. The Hall–Kier alpha value is -2.77. The maximum absolute atomic E-state index is 13.0. The van der Waals surface area contributed by atoms with Gasteiger partial charge in [-0.2, -0.15) is 0 Å². The van der Waals surface area contributed by atoms with Gasteiger partial charge in [0.05, 0.1) is 25.8 Å². The van der Waals surface area contributed by atoms with Crippen molar-refractivity contribution in [3.63, 3.8) is 0 Å². The lowest BCUT2D eigenvalue weighted by atomic mass is 10.1. The zero-order chi connectivity index (χ0) is 18.6. The van der Waals surface area contributed by atoms with Crippen LogP contribution in [0.4, 0.5) is 0 Å². The van der Waals surface area contributed by atoms with Gasteiger partial charge in [0.15, 0.2) is 0 Å². The highest BCUT2D eigenvalue weighted by Gasteiger charge is 2.27. The topological polar surface area (TPSA) is 64.5 Å². The van der Waals surface area contributed by atoms with E-state index in [4.69, 9.17) is 9.47 Å². The minimum atomic E-state index is -0.166. The van der Waals surface area contributed by atoms with E-state index in [0.29, 0.717) is 25.3 Å². The summed E-state index contributed by atoms with van der Waals surface area (Å²) in [4.78, 5) is 23.4. The predicted octanol–water partition coefficient (Wildman–Crippen LogP) is 3.43. The van der Waals surface area contributed by atoms with E-state index in [1.54, 1.807) is 37.0 Å². The van der Waals surface area contributed by atoms with E-state index < -0.39 is 0 Å². The van der Waals surface area contributed by atoms with Crippen molar-refractivity contribution in [1.82, 2.24) is 14.9 Å². The zero-order valence-corrected chi connectivity index (χ0v) is 15.7. The third kappa shape index (κ3) is 3.84. The largest absolute Gasteiger partial charge is 0.497 e. The van der Waals surface area contributed by atoms with Crippen molar-refractivity contribution in [2.45, 2.75) is 6.10 Å². The van der Waals surface area contributed by atoms with Crippen LogP contribution in [-0.2, 0) is 4.74 Å². The summed E-state index contributed by atoms with van der Waals surface area (Å²) in [6, 6.07) is 9.58. The first-order valence-electron chi connectivity index (χ1n) is 8.64. The van der Waals surface area contributed by atoms with Crippen molar-refractivity contribution in [3.8, 4) is 16.9 Å². The molecule has 0 N–H and O–H groups in total. The summed E-state index contributed by atoms with van der Waals surface area (Å²) >= 11 is 1.55. The Morgan fingerprint density at radius 2 is 2.11 bits per heavy atom. The van der Waals surface area contributed by atoms with Gasteiger partial charge in [0.2, 0.25) is 0 Å². The van der Waals surface area contributed by atoms with Crippen LogP contribution in [0.15, 0.2) is 54.3 Å². The van der Waals surface area contributed by atoms with Crippen LogP contribution in [0.25, 0.3) is 11.1 Å². The molecule has 2 aromatic heterocycles. The third-order valence-corrected chi connectivity index (χ3v) is 5.36. The smallest absolute Gasteiger partial charge is 0.255 e. The number of morpholine rings is 1. The number of amides is 1. The SMILES string of the molecule is COc1ccc(-c2cncc(C(=O)N3CCOC(c4nccs4)C3)c2)cc1. The van der Waals surface area contributed by atoms with E-state index in [2.05, 4.69) is 9.97 Å². The highest BCUT2D eigenvalue weighted by molar-refractivity contribution is 7.09. The van der Waals surface area contributed by atoms with Gasteiger partial charge in [-0.05, 0) is 23.8 Å². The summed E-state index contributed by atoms with van der Waals surface area (Å²) in [6.07, 6.45) is 4.96. The van der Waals surface area contributed by atoms with Crippen molar-refractivity contribution < 1.29 is 14.3 Å². The number of hydrogen-bond donors (Lipinski definition) is 0. The molecule has 138 valence electrons. The maximum Gasteiger partial charge on any atom is 0.255 e. The summed E-state index contributed by atoms with van der Waals surface area (Å²) in [6.45, 7) is 1.56. The number of thiazole rings is 1. The number of methoxy groups -OCH3 is 1. The molecule has 4 rings (SSSR count). The van der Waals surface area contributed by atoms with Gasteiger partial charge in [-0.3, -0.25) is 9.78 Å². The van der Waals surface area contributed by atoms with Crippen molar-refractivity contribution in [3.05, 3.63) is 64.9 Å². The molecule has 1 unspecified atom stereocenters. The summed E-state index contributed by atoms with van der Waals surface area (Å²) < 4.78 is 11.0. The molecule has 1 aromatic carbocycles. The monoisotopic (exact) mass is 381 g/mol. The fraction of sp³-hybridized carbons (Fsp3) is 0.250. The lowest BCUT2D eigenvalue weighted by Gasteiger charge is -2.32. The number of carbonyl (C=O) groups is 1. The average molecular weight is 381 g/mol. The second-order valence-electron chi connectivity index (χ2n) is 6.17. The Kier molecular flexibility index (Phi) is 5.13. The maximum atomic E-state index is 13.0. The van der Waals surface area contributed by atoms with Crippen LogP contribution in [0, 0.1) is 0 Å². The molecule has 3 aromatic rings. The molecule has 3 heterocycles. The molecule has 1 aliphatic heterocycles. The Labute approximate surface area is 161 Å². The quantitative estimate of drug-likeness (QED) is 0.693. The second kappa shape index (κ2) is 7.85. The summed E-state index contributed by atoms with van der Waals surface area (Å²) in [5, 5.41) is 2.82. The first-order chi connectivity index (χ1) is 13.2. The number of hydrogen-bond acceptors (Lipinski definition) is 6. The molecule has 1 fully saturated rings. The molecule has 1 aliphatic rings. The molecule has 27 heavy (non-hydrogen) atoms. The fourth-order valence-electron chi connectivity index (χ4n) is 3.06. The van der Waals surface area contributed by atoms with Crippen molar-refractivity contribution in [1.29, 1.82) is 0 Å². The van der Waals surface area contributed by atoms with Gasteiger partial charge in [0.1, 0.15) is 16.9 Å². The molecule has 0 radical (unpaired) electrons. The van der Waals surface area contributed by atoms with E-state index in [1.165, 1.54) is 0 Å². The van der Waals surface area contributed by atoms with Gasteiger partial charge in [-0.15, -0.1) is 11.3 Å². The van der Waals surface area contributed by atoms with Crippen LogP contribution in [-0.4, -0.2) is 47.6 Å². The molecule has 1 saturated heterocycles. The van der Waals surface area contributed by atoms with Gasteiger partial charge in [-0.25, -0.2) is 4.98 Å². The Balaban J connectivity index is 1.53. The molecule has 0 spiro atoms. The number of aromatic nitrogens is 2. The summed E-state index contributed by atoms with van der Waals surface area (Å²) in [5.74, 6) is 0.753. The molecule has 0 bridgehead atoms. The highest BCUT2D eigenvalue weighted by Crippen LogP contribution is 2.26. The number of ether oxygens (including phenoxy) is 2. The van der Waals surface area contributed by atoms with Gasteiger partial charge in [0, 0.05) is 36.1 Å². The van der Waals surface area contributed by atoms with Crippen molar-refractivity contribution >= 4 is 17.2 Å². The number of rotatable bonds is 4. The molecule has 0 saturated carbocycles. The lowest BCUT2D eigenvalue weighted by molar-refractivity contribution is -0.0229. The number of benzene rings is 1. The Morgan fingerprint density at radius 1 is 1.26 bits per heavy atom. The molecule has 6 nitrogen and oxygen atoms in total. The van der Waals surface area contributed by atoms with Crippen molar-refractivity contribution in [2.75, 3.05) is 26.8 Å². The first-order valence-corrected chi connectivity index (χ1v) is 9.52. The molecule has 7 heteroatoms. The van der Waals surface area contributed by atoms with E-state index in [-0.39, 0.29) is 12.0 Å². The van der Waals surface area contributed by atoms with Crippen LogP contribution in [0.2, 0.25) is 0 Å². The van der Waals surface area contributed by atoms with E-state index in [0.717, 1.165) is 21.9 Å². The lowest BCUT2D eigenvalue weighted by Crippen LogP contribution is -2.42. The highest BCUT2D eigenvalue weighted by atomic mass is 32.1. The minimum Gasteiger partial charge on any atom is -0.497 e.